The van der Waals surface area contributed by atoms with Crippen molar-refractivity contribution in [2.45, 2.75) is 46.2 Å². The Morgan fingerprint density at radius 2 is 1.71 bits per heavy atom. The van der Waals surface area contributed by atoms with Crippen LogP contribution < -0.4 is 10.6 Å². The van der Waals surface area contributed by atoms with Gasteiger partial charge in [0.2, 0.25) is 0 Å². The molecule has 0 atom stereocenters. The maximum Gasteiger partial charge on any atom is 0.191 e. The number of aliphatic imine (C=N–C) groups is 1. The van der Waals surface area contributed by atoms with Crippen molar-refractivity contribution in [2.75, 3.05) is 7.05 Å². The van der Waals surface area contributed by atoms with Crippen molar-refractivity contribution in [3.05, 3.63) is 46.5 Å². The number of halogens is 1. The van der Waals surface area contributed by atoms with Gasteiger partial charge in [-0.15, -0.1) is 24.0 Å². The molecule has 0 unspecified atom stereocenters. The second-order valence-corrected chi connectivity index (χ2v) is 5.59. The Morgan fingerprint density at radius 1 is 1.14 bits per heavy atom. The first-order valence-electron chi connectivity index (χ1n) is 7.29. The van der Waals surface area contributed by atoms with Crippen molar-refractivity contribution in [2.24, 2.45) is 4.99 Å². The highest BCUT2D eigenvalue weighted by Gasteiger charge is 2.12. The average Bonchev–Trinajstić information content (AvgIpc) is 2.88. The zero-order valence-electron chi connectivity index (χ0n) is 13.4. The standard InChI is InChI=1S/C17H25N3.HI/c1-12-9-13(2)16(14(3)10-12)11-19-17(18-4)20-15-7-5-6-8-15;/h5-6,9-10,15H,7-8,11H2,1-4H3,(H2,18,19,20);1H. The minimum absolute atomic E-state index is 0. The first kappa shape index (κ1) is 18.0. The van der Waals surface area contributed by atoms with Crippen LogP contribution in [-0.2, 0) is 6.54 Å². The number of hydrogen-bond acceptors (Lipinski definition) is 1. The highest BCUT2D eigenvalue weighted by molar-refractivity contribution is 14.0. The lowest BCUT2D eigenvalue weighted by molar-refractivity contribution is 0.632. The molecule has 0 amide bonds. The predicted molar refractivity (Wildman–Crippen MR) is 102 cm³/mol. The molecule has 0 heterocycles. The first-order valence-corrected chi connectivity index (χ1v) is 7.29. The third-order valence-corrected chi connectivity index (χ3v) is 3.85. The summed E-state index contributed by atoms with van der Waals surface area (Å²) in [5.74, 6) is 0.887. The molecule has 1 aliphatic carbocycles. The van der Waals surface area contributed by atoms with E-state index in [0.717, 1.165) is 25.3 Å². The molecule has 0 saturated carbocycles. The van der Waals surface area contributed by atoms with E-state index >= 15 is 0 Å². The number of guanidine groups is 1. The predicted octanol–water partition coefficient (Wildman–Crippen LogP) is 3.61. The van der Waals surface area contributed by atoms with Crippen LogP contribution in [0.25, 0.3) is 0 Å². The Kier molecular flexibility index (Phi) is 7.22. The van der Waals surface area contributed by atoms with Gasteiger partial charge < -0.3 is 10.6 Å². The number of nitrogens with one attached hydrogen (secondary N) is 2. The summed E-state index contributed by atoms with van der Waals surface area (Å²) >= 11 is 0. The first-order chi connectivity index (χ1) is 9.60. The molecule has 2 rings (SSSR count). The van der Waals surface area contributed by atoms with Crippen molar-refractivity contribution in [1.82, 2.24) is 10.6 Å². The number of aryl methyl sites for hydroxylation is 3. The third-order valence-electron chi connectivity index (χ3n) is 3.85. The van der Waals surface area contributed by atoms with E-state index < -0.39 is 0 Å². The summed E-state index contributed by atoms with van der Waals surface area (Å²) in [6.45, 7) is 7.31. The highest BCUT2D eigenvalue weighted by Crippen LogP contribution is 2.16. The molecule has 1 aliphatic rings. The maximum atomic E-state index is 4.31. The zero-order valence-corrected chi connectivity index (χ0v) is 15.7. The summed E-state index contributed by atoms with van der Waals surface area (Å²) in [6, 6.07) is 4.96. The van der Waals surface area contributed by atoms with Gasteiger partial charge in [0.25, 0.3) is 0 Å². The van der Waals surface area contributed by atoms with Crippen LogP contribution in [0.1, 0.15) is 35.1 Å². The summed E-state index contributed by atoms with van der Waals surface area (Å²) in [7, 11) is 1.83. The minimum atomic E-state index is 0. The Balaban J connectivity index is 0.00000220. The SMILES string of the molecule is CN=C(NCc1c(C)cc(C)cc1C)NC1CC=CC1.I. The van der Waals surface area contributed by atoms with E-state index in [1.807, 2.05) is 7.05 Å². The van der Waals surface area contributed by atoms with Gasteiger partial charge in [0, 0.05) is 19.6 Å². The molecule has 4 heteroatoms. The lowest BCUT2D eigenvalue weighted by Gasteiger charge is -2.18. The molecule has 0 aliphatic heterocycles. The summed E-state index contributed by atoms with van der Waals surface area (Å²) in [4.78, 5) is 4.31. The van der Waals surface area contributed by atoms with Crippen LogP contribution in [0.5, 0.6) is 0 Å². The van der Waals surface area contributed by atoms with E-state index in [9.17, 15) is 0 Å². The molecule has 2 N–H and O–H groups in total. The molecule has 0 fully saturated rings. The Morgan fingerprint density at radius 3 is 2.24 bits per heavy atom. The Hall–Kier alpha value is -1.04. The van der Waals surface area contributed by atoms with E-state index in [1.165, 1.54) is 22.3 Å². The molecule has 1 aromatic carbocycles. The molecule has 1 aromatic rings. The van der Waals surface area contributed by atoms with Crippen LogP contribution in [0.3, 0.4) is 0 Å². The smallest absolute Gasteiger partial charge is 0.191 e. The zero-order chi connectivity index (χ0) is 14.5. The van der Waals surface area contributed by atoms with Crippen LogP contribution >= 0.6 is 24.0 Å². The van der Waals surface area contributed by atoms with Gasteiger partial charge in [-0.25, -0.2) is 0 Å². The lowest BCUT2D eigenvalue weighted by Crippen LogP contribution is -2.42. The van der Waals surface area contributed by atoms with E-state index in [4.69, 9.17) is 0 Å². The van der Waals surface area contributed by atoms with E-state index in [0.29, 0.717) is 6.04 Å². The number of nitrogens with zero attached hydrogens (tertiary/aromatic N) is 1. The molecule has 0 aromatic heterocycles. The van der Waals surface area contributed by atoms with Crippen LogP contribution in [-0.4, -0.2) is 19.0 Å². The summed E-state index contributed by atoms with van der Waals surface area (Å²) in [5, 5.41) is 6.89. The molecule has 0 spiro atoms. The number of rotatable bonds is 3. The second-order valence-electron chi connectivity index (χ2n) is 5.59. The fourth-order valence-corrected chi connectivity index (χ4v) is 2.78. The average molecular weight is 399 g/mol. The topological polar surface area (TPSA) is 36.4 Å². The largest absolute Gasteiger partial charge is 0.353 e. The highest BCUT2D eigenvalue weighted by atomic mass is 127. The number of benzene rings is 1. The molecule has 0 saturated heterocycles. The van der Waals surface area contributed by atoms with Gasteiger partial charge >= 0.3 is 0 Å². The Bertz CT molecular complexity index is 504. The van der Waals surface area contributed by atoms with Gasteiger partial charge in [-0.2, -0.15) is 0 Å². The summed E-state index contributed by atoms with van der Waals surface area (Å²) in [5.41, 5.74) is 5.37. The maximum absolute atomic E-state index is 4.31. The summed E-state index contributed by atoms with van der Waals surface area (Å²) in [6.07, 6.45) is 6.62. The van der Waals surface area contributed by atoms with Crippen LogP contribution in [0, 0.1) is 20.8 Å². The van der Waals surface area contributed by atoms with Crippen molar-refractivity contribution < 1.29 is 0 Å². The molecule has 21 heavy (non-hydrogen) atoms. The minimum Gasteiger partial charge on any atom is -0.353 e. The van der Waals surface area contributed by atoms with Crippen molar-refractivity contribution in [3.63, 3.8) is 0 Å². The molecule has 3 nitrogen and oxygen atoms in total. The third kappa shape index (κ3) is 5.02. The van der Waals surface area contributed by atoms with Crippen LogP contribution in [0.4, 0.5) is 0 Å². The normalized spacial score (nSPS) is 15.0. The second kappa shape index (κ2) is 8.41. The van der Waals surface area contributed by atoms with Crippen molar-refractivity contribution in [3.8, 4) is 0 Å². The lowest BCUT2D eigenvalue weighted by atomic mass is 10.00. The fourth-order valence-electron chi connectivity index (χ4n) is 2.78. The van der Waals surface area contributed by atoms with Gasteiger partial charge in [-0.3, -0.25) is 4.99 Å². The van der Waals surface area contributed by atoms with Gasteiger partial charge in [0.1, 0.15) is 0 Å². The molecular weight excluding hydrogens is 373 g/mol. The van der Waals surface area contributed by atoms with Gasteiger partial charge in [-0.1, -0.05) is 29.8 Å². The van der Waals surface area contributed by atoms with E-state index in [1.54, 1.807) is 0 Å². The van der Waals surface area contributed by atoms with Crippen LogP contribution in [0.15, 0.2) is 29.3 Å². The quantitative estimate of drug-likeness (QED) is 0.353. The molecular formula is C17H26IN3. The summed E-state index contributed by atoms with van der Waals surface area (Å²) < 4.78 is 0. The molecule has 0 radical (unpaired) electrons. The Labute approximate surface area is 145 Å². The van der Waals surface area contributed by atoms with Gasteiger partial charge in [0.05, 0.1) is 0 Å². The van der Waals surface area contributed by atoms with Gasteiger partial charge in [0.15, 0.2) is 5.96 Å². The van der Waals surface area contributed by atoms with Crippen molar-refractivity contribution >= 4 is 29.9 Å². The van der Waals surface area contributed by atoms with Crippen molar-refractivity contribution in [1.29, 1.82) is 0 Å². The van der Waals surface area contributed by atoms with Crippen LogP contribution in [0.2, 0.25) is 0 Å². The monoisotopic (exact) mass is 399 g/mol. The van der Waals surface area contributed by atoms with Gasteiger partial charge in [-0.05, 0) is 50.3 Å². The molecule has 0 bridgehead atoms. The van der Waals surface area contributed by atoms with E-state index in [-0.39, 0.29) is 24.0 Å². The molecule has 116 valence electrons. The number of hydrogen-bond donors (Lipinski definition) is 2. The van der Waals surface area contributed by atoms with E-state index in [2.05, 4.69) is 60.7 Å². The fraction of sp³-hybridized carbons (Fsp3) is 0.471.